The van der Waals surface area contributed by atoms with Gasteiger partial charge in [0.25, 0.3) is 11.7 Å². The third-order valence-electron chi connectivity index (χ3n) is 4.25. The molecule has 0 radical (unpaired) electrons. The molecule has 20 heavy (non-hydrogen) atoms. The van der Waals surface area contributed by atoms with Crippen LogP contribution in [-0.4, -0.2) is 24.0 Å². The second kappa shape index (κ2) is 4.85. The third kappa shape index (κ3) is 2.05. The first kappa shape index (κ1) is 13.0. The Kier molecular flexibility index (Phi) is 3.16. The van der Waals surface area contributed by atoms with Crippen molar-refractivity contribution in [3.05, 3.63) is 29.3 Å². The van der Waals surface area contributed by atoms with Crippen molar-refractivity contribution in [3.8, 4) is 0 Å². The van der Waals surface area contributed by atoms with Crippen LogP contribution in [0.1, 0.15) is 41.6 Å². The van der Waals surface area contributed by atoms with Gasteiger partial charge in [0.05, 0.1) is 17.8 Å². The Morgan fingerprint density at radius 2 is 1.95 bits per heavy atom. The van der Waals surface area contributed by atoms with E-state index in [-0.39, 0.29) is 18.2 Å². The van der Waals surface area contributed by atoms with Gasteiger partial charge in [-0.2, -0.15) is 0 Å². The molecule has 4 nitrogen and oxygen atoms in total. The first-order valence-electron chi connectivity index (χ1n) is 7.07. The second-order valence-corrected chi connectivity index (χ2v) is 5.69. The molecule has 1 aromatic rings. The molecule has 1 amide bonds. The van der Waals surface area contributed by atoms with Gasteiger partial charge in [-0.1, -0.05) is 24.5 Å². The molecule has 4 heteroatoms. The van der Waals surface area contributed by atoms with E-state index < -0.39 is 11.7 Å². The van der Waals surface area contributed by atoms with Crippen LogP contribution in [0.3, 0.4) is 0 Å². The summed E-state index contributed by atoms with van der Waals surface area (Å²) < 4.78 is 0. The molecule has 2 aliphatic rings. The van der Waals surface area contributed by atoms with E-state index in [1.807, 2.05) is 13.0 Å². The number of anilines is 1. The molecule has 1 fully saturated rings. The van der Waals surface area contributed by atoms with Crippen LogP contribution in [-0.2, 0) is 9.59 Å². The van der Waals surface area contributed by atoms with Crippen LogP contribution in [0.4, 0.5) is 5.69 Å². The molecular weight excluding hydrogens is 254 g/mol. The molecule has 0 N–H and O–H groups in total. The molecule has 1 aliphatic carbocycles. The fourth-order valence-corrected chi connectivity index (χ4v) is 3.10. The normalized spacial score (nSPS) is 18.8. The van der Waals surface area contributed by atoms with Crippen LogP contribution in [0.5, 0.6) is 0 Å². The SMILES string of the molecule is Cc1ccc2c(c1)C(=O)C(=O)N2CC(=O)C1CCCC1. The number of aryl methyl sites for hydroxylation is 1. The molecule has 1 aromatic carbocycles. The summed E-state index contributed by atoms with van der Waals surface area (Å²) in [6, 6.07) is 5.34. The molecule has 0 unspecified atom stereocenters. The van der Waals surface area contributed by atoms with Crippen molar-refractivity contribution in [2.75, 3.05) is 11.4 Å². The molecule has 1 saturated carbocycles. The quantitative estimate of drug-likeness (QED) is 0.792. The molecule has 0 atom stereocenters. The van der Waals surface area contributed by atoms with E-state index in [1.165, 1.54) is 4.90 Å². The summed E-state index contributed by atoms with van der Waals surface area (Å²) in [7, 11) is 0. The van der Waals surface area contributed by atoms with Gasteiger partial charge < -0.3 is 0 Å². The van der Waals surface area contributed by atoms with Gasteiger partial charge in [0, 0.05) is 5.92 Å². The monoisotopic (exact) mass is 271 g/mol. The Labute approximate surface area is 117 Å². The minimum Gasteiger partial charge on any atom is -0.297 e. The van der Waals surface area contributed by atoms with E-state index >= 15 is 0 Å². The van der Waals surface area contributed by atoms with Crippen molar-refractivity contribution < 1.29 is 14.4 Å². The van der Waals surface area contributed by atoms with Gasteiger partial charge >= 0.3 is 0 Å². The number of amides is 1. The fourth-order valence-electron chi connectivity index (χ4n) is 3.10. The molecule has 1 heterocycles. The Balaban J connectivity index is 1.85. The van der Waals surface area contributed by atoms with E-state index in [9.17, 15) is 14.4 Å². The summed E-state index contributed by atoms with van der Waals surface area (Å²) in [5.41, 5.74) is 1.94. The lowest BCUT2D eigenvalue weighted by atomic mass is 10.0. The molecular formula is C16H17NO3. The van der Waals surface area contributed by atoms with E-state index in [0.29, 0.717) is 11.3 Å². The number of Topliss-reactive ketones (excluding diaryl/α,β-unsaturated/α-hetero) is 2. The summed E-state index contributed by atoms with van der Waals surface area (Å²) in [4.78, 5) is 37.6. The van der Waals surface area contributed by atoms with Gasteiger partial charge in [0.2, 0.25) is 0 Å². The highest BCUT2D eigenvalue weighted by Crippen LogP contribution is 2.31. The number of benzene rings is 1. The van der Waals surface area contributed by atoms with Crippen molar-refractivity contribution in [2.45, 2.75) is 32.6 Å². The lowest BCUT2D eigenvalue weighted by Crippen LogP contribution is -2.36. The number of fused-ring (bicyclic) bond motifs is 1. The van der Waals surface area contributed by atoms with Crippen LogP contribution >= 0.6 is 0 Å². The first-order valence-corrected chi connectivity index (χ1v) is 7.07. The van der Waals surface area contributed by atoms with Crippen molar-refractivity contribution in [2.24, 2.45) is 5.92 Å². The van der Waals surface area contributed by atoms with Crippen LogP contribution in [0, 0.1) is 12.8 Å². The zero-order valence-corrected chi connectivity index (χ0v) is 11.5. The molecule has 3 rings (SSSR count). The summed E-state index contributed by atoms with van der Waals surface area (Å²) in [6.45, 7) is 1.91. The summed E-state index contributed by atoms with van der Waals surface area (Å²) in [5, 5.41) is 0. The predicted molar refractivity (Wildman–Crippen MR) is 74.8 cm³/mol. The minimum atomic E-state index is -0.572. The predicted octanol–water partition coefficient (Wildman–Crippen LogP) is 2.28. The highest BCUT2D eigenvalue weighted by atomic mass is 16.2. The average molecular weight is 271 g/mol. The van der Waals surface area contributed by atoms with E-state index in [2.05, 4.69) is 0 Å². The molecule has 0 spiro atoms. The standard InChI is InChI=1S/C16H17NO3/c1-10-6-7-13-12(8-10)15(19)16(20)17(13)9-14(18)11-4-2-3-5-11/h6-8,11H,2-5,9H2,1H3. The van der Waals surface area contributed by atoms with E-state index in [1.54, 1.807) is 12.1 Å². The number of carbonyl (C=O) groups excluding carboxylic acids is 3. The Hall–Kier alpha value is -1.97. The summed E-state index contributed by atoms with van der Waals surface area (Å²) in [6.07, 6.45) is 3.99. The molecule has 0 saturated heterocycles. The molecule has 0 aromatic heterocycles. The fraction of sp³-hybridized carbons (Fsp3) is 0.438. The lowest BCUT2D eigenvalue weighted by Gasteiger charge is -2.18. The number of hydrogen-bond donors (Lipinski definition) is 0. The minimum absolute atomic E-state index is 0.0330. The third-order valence-corrected chi connectivity index (χ3v) is 4.25. The van der Waals surface area contributed by atoms with Crippen LogP contribution in [0.2, 0.25) is 0 Å². The maximum atomic E-state index is 12.2. The Bertz CT molecular complexity index is 600. The lowest BCUT2D eigenvalue weighted by molar-refractivity contribution is -0.123. The van der Waals surface area contributed by atoms with Gasteiger partial charge in [-0.3, -0.25) is 19.3 Å². The largest absolute Gasteiger partial charge is 0.299 e. The smallest absolute Gasteiger partial charge is 0.297 e. The van der Waals surface area contributed by atoms with Crippen molar-refractivity contribution in [3.63, 3.8) is 0 Å². The summed E-state index contributed by atoms with van der Waals surface area (Å²) in [5.74, 6) is -0.927. The Morgan fingerprint density at radius 3 is 2.65 bits per heavy atom. The van der Waals surface area contributed by atoms with Crippen LogP contribution in [0.15, 0.2) is 18.2 Å². The topological polar surface area (TPSA) is 54.5 Å². The van der Waals surface area contributed by atoms with Gasteiger partial charge in [0.1, 0.15) is 0 Å². The van der Waals surface area contributed by atoms with Crippen molar-refractivity contribution >= 4 is 23.2 Å². The second-order valence-electron chi connectivity index (χ2n) is 5.69. The number of nitrogens with zero attached hydrogens (tertiary/aromatic N) is 1. The first-order chi connectivity index (χ1) is 9.58. The van der Waals surface area contributed by atoms with Crippen LogP contribution in [0.25, 0.3) is 0 Å². The van der Waals surface area contributed by atoms with Gasteiger partial charge in [0.15, 0.2) is 5.78 Å². The summed E-state index contributed by atoms with van der Waals surface area (Å²) >= 11 is 0. The molecule has 0 bridgehead atoms. The van der Waals surface area contributed by atoms with Gasteiger partial charge in [-0.05, 0) is 31.9 Å². The zero-order valence-electron chi connectivity index (χ0n) is 11.5. The maximum absolute atomic E-state index is 12.2. The number of rotatable bonds is 3. The number of ketones is 2. The van der Waals surface area contributed by atoms with Gasteiger partial charge in [-0.25, -0.2) is 0 Å². The maximum Gasteiger partial charge on any atom is 0.299 e. The van der Waals surface area contributed by atoms with Crippen LogP contribution < -0.4 is 4.90 Å². The number of hydrogen-bond acceptors (Lipinski definition) is 3. The van der Waals surface area contributed by atoms with E-state index in [0.717, 1.165) is 31.2 Å². The molecule has 104 valence electrons. The Morgan fingerprint density at radius 1 is 1.25 bits per heavy atom. The molecule has 1 aliphatic heterocycles. The van der Waals surface area contributed by atoms with Gasteiger partial charge in [-0.15, -0.1) is 0 Å². The number of carbonyl (C=O) groups is 3. The zero-order chi connectivity index (χ0) is 14.3. The van der Waals surface area contributed by atoms with Crippen molar-refractivity contribution in [1.82, 2.24) is 0 Å². The van der Waals surface area contributed by atoms with E-state index in [4.69, 9.17) is 0 Å². The highest BCUT2D eigenvalue weighted by molar-refractivity contribution is 6.52. The van der Waals surface area contributed by atoms with Crippen molar-refractivity contribution in [1.29, 1.82) is 0 Å². The highest BCUT2D eigenvalue weighted by Gasteiger charge is 2.37. The average Bonchev–Trinajstić information content (AvgIpc) is 3.03.